The maximum absolute atomic E-state index is 12.7. The molecule has 0 saturated carbocycles. The van der Waals surface area contributed by atoms with E-state index in [1.165, 1.54) is 0 Å². The Bertz CT molecular complexity index is 320. The molecule has 0 saturated heterocycles. The summed E-state index contributed by atoms with van der Waals surface area (Å²) in [5, 5.41) is 0. The fourth-order valence-corrected chi connectivity index (χ4v) is 1.32. The minimum Gasteiger partial charge on any atom is -0.290 e. The zero-order chi connectivity index (χ0) is 14.8. The largest absolute Gasteiger partial charge is 0.474 e. The minimum atomic E-state index is -6.48. The Balaban J connectivity index is 4.93. The average molecular weight is 308 g/mol. The molecular weight excluding hydrogens is 300 g/mol. The third-order valence-electron chi connectivity index (χ3n) is 1.67. The van der Waals surface area contributed by atoms with Crippen molar-refractivity contribution in [1.82, 2.24) is 0 Å². The highest BCUT2D eigenvalue weighted by atomic mass is 31.2. The zero-order valence-electron chi connectivity index (χ0n) is 8.93. The van der Waals surface area contributed by atoms with E-state index in [2.05, 4.69) is 13.6 Å². The molecule has 0 spiro atoms. The molecule has 0 aromatic carbocycles. The fraction of sp³-hybridized carbons (Fsp3) is 1.00. The Kier molecular flexibility index (Phi) is 5.20. The van der Waals surface area contributed by atoms with Gasteiger partial charge in [-0.05, 0) is 0 Å². The second-order valence-electron chi connectivity index (χ2n) is 2.86. The smallest absolute Gasteiger partial charge is 0.290 e. The van der Waals surface area contributed by atoms with Crippen LogP contribution in [0.2, 0.25) is 0 Å². The van der Waals surface area contributed by atoms with Crippen LogP contribution in [0.3, 0.4) is 0 Å². The van der Waals surface area contributed by atoms with Gasteiger partial charge in [-0.15, -0.1) is 0 Å². The first-order chi connectivity index (χ1) is 7.83. The molecule has 0 radical (unpaired) electrons. The van der Waals surface area contributed by atoms with Gasteiger partial charge in [0.25, 0.3) is 0 Å². The van der Waals surface area contributed by atoms with Crippen molar-refractivity contribution in [3.8, 4) is 0 Å². The van der Waals surface area contributed by atoms with Gasteiger partial charge in [0.1, 0.15) is 6.61 Å². The van der Waals surface area contributed by atoms with E-state index in [-0.39, 0.29) is 0 Å². The third kappa shape index (κ3) is 3.56. The van der Waals surface area contributed by atoms with E-state index >= 15 is 0 Å². The molecule has 0 N–H and O–H groups in total. The number of halogens is 7. The predicted octanol–water partition coefficient (Wildman–Crippen LogP) is 3.24. The van der Waals surface area contributed by atoms with Crippen molar-refractivity contribution in [1.29, 1.82) is 0 Å². The minimum absolute atomic E-state index is 0.671. The van der Waals surface area contributed by atoms with Crippen LogP contribution in [-0.2, 0) is 18.1 Å². The van der Waals surface area contributed by atoms with Gasteiger partial charge in [-0.1, -0.05) is 0 Å². The SMILES string of the molecule is COP(=O)(OC)OCC(F)(F)C(F)(F)C(F)(F)F. The van der Waals surface area contributed by atoms with E-state index in [9.17, 15) is 35.3 Å². The Morgan fingerprint density at radius 1 is 0.944 bits per heavy atom. The summed E-state index contributed by atoms with van der Waals surface area (Å²) < 4.78 is 108. The molecule has 0 aliphatic rings. The molecule has 0 aliphatic carbocycles. The molecule has 0 heterocycles. The molecule has 0 rings (SSSR count). The van der Waals surface area contributed by atoms with Crippen LogP contribution in [0.4, 0.5) is 30.7 Å². The first-order valence-electron chi connectivity index (χ1n) is 4.01. The van der Waals surface area contributed by atoms with Crippen molar-refractivity contribution >= 4 is 7.82 Å². The average Bonchev–Trinajstić information content (AvgIpc) is 2.24. The highest BCUT2D eigenvalue weighted by Gasteiger charge is 2.73. The Hall–Kier alpha value is -0.380. The van der Waals surface area contributed by atoms with Crippen LogP contribution < -0.4 is 0 Å². The number of rotatable bonds is 6. The summed E-state index contributed by atoms with van der Waals surface area (Å²) in [6, 6.07) is 0. The Morgan fingerprint density at radius 3 is 1.61 bits per heavy atom. The molecule has 0 fully saturated rings. The molecular formula is C6H8F7O4P. The second kappa shape index (κ2) is 5.32. The summed E-state index contributed by atoms with van der Waals surface area (Å²) >= 11 is 0. The quantitative estimate of drug-likeness (QED) is 0.558. The lowest BCUT2D eigenvalue weighted by Crippen LogP contribution is -2.54. The zero-order valence-corrected chi connectivity index (χ0v) is 9.83. The van der Waals surface area contributed by atoms with E-state index in [1.807, 2.05) is 0 Å². The van der Waals surface area contributed by atoms with Crippen molar-refractivity contribution in [2.24, 2.45) is 0 Å². The van der Waals surface area contributed by atoms with Crippen LogP contribution in [0.15, 0.2) is 0 Å². The van der Waals surface area contributed by atoms with Crippen LogP contribution in [-0.4, -0.2) is 38.8 Å². The van der Waals surface area contributed by atoms with Crippen LogP contribution in [0.5, 0.6) is 0 Å². The van der Waals surface area contributed by atoms with Crippen LogP contribution in [0.25, 0.3) is 0 Å². The second-order valence-corrected chi connectivity index (χ2v) is 4.75. The van der Waals surface area contributed by atoms with Gasteiger partial charge in [0.2, 0.25) is 0 Å². The molecule has 0 aromatic heterocycles. The third-order valence-corrected chi connectivity index (χ3v) is 3.01. The van der Waals surface area contributed by atoms with Crippen molar-refractivity contribution in [3.63, 3.8) is 0 Å². The highest BCUT2D eigenvalue weighted by molar-refractivity contribution is 7.48. The normalized spacial score (nSPS) is 14.9. The van der Waals surface area contributed by atoms with E-state index < -0.39 is 32.5 Å². The van der Waals surface area contributed by atoms with E-state index in [0.717, 1.165) is 0 Å². The fourth-order valence-electron chi connectivity index (χ4n) is 0.638. The molecule has 18 heavy (non-hydrogen) atoms. The maximum Gasteiger partial charge on any atom is 0.474 e. The van der Waals surface area contributed by atoms with Crippen LogP contribution in [0.1, 0.15) is 0 Å². The first-order valence-corrected chi connectivity index (χ1v) is 5.47. The van der Waals surface area contributed by atoms with E-state index in [0.29, 0.717) is 14.2 Å². The summed E-state index contributed by atoms with van der Waals surface area (Å²) in [5.74, 6) is -12.0. The maximum atomic E-state index is 12.7. The molecule has 0 bridgehead atoms. The monoisotopic (exact) mass is 308 g/mol. The molecule has 0 aliphatic heterocycles. The van der Waals surface area contributed by atoms with Gasteiger partial charge in [-0.2, -0.15) is 30.7 Å². The van der Waals surface area contributed by atoms with Gasteiger partial charge >= 0.3 is 25.8 Å². The summed E-state index contributed by atoms with van der Waals surface area (Å²) in [6.07, 6.45) is -6.48. The van der Waals surface area contributed by atoms with Gasteiger partial charge in [0.05, 0.1) is 0 Å². The topological polar surface area (TPSA) is 44.8 Å². The van der Waals surface area contributed by atoms with E-state index in [1.54, 1.807) is 0 Å². The Labute approximate surface area is 96.6 Å². The van der Waals surface area contributed by atoms with Gasteiger partial charge in [-0.25, -0.2) is 4.57 Å². The van der Waals surface area contributed by atoms with Gasteiger partial charge < -0.3 is 0 Å². The number of hydrogen-bond donors (Lipinski definition) is 0. The van der Waals surface area contributed by atoms with Crippen molar-refractivity contribution in [3.05, 3.63) is 0 Å². The summed E-state index contributed by atoms with van der Waals surface area (Å²) in [6.45, 7) is -2.49. The lowest BCUT2D eigenvalue weighted by molar-refractivity contribution is -0.358. The molecule has 0 amide bonds. The molecule has 0 atom stereocenters. The number of phosphoric acid groups is 1. The summed E-state index contributed by atoms with van der Waals surface area (Å²) in [5.41, 5.74) is 0. The summed E-state index contributed by atoms with van der Waals surface area (Å²) in [7, 11) is -3.24. The van der Waals surface area contributed by atoms with Crippen molar-refractivity contribution in [2.45, 2.75) is 18.0 Å². The highest BCUT2D eigenvalue weighted by Crippen LogP contribution is 2.52. The van der Waals surface area contributed by atoms with E-state index in [4.69, 9.17) is 0 Å². The molecule has 110 valence electrons. The molecule has 4 nitrogen and oxygen atoms in total. The van der Waals surface area contributed by atoms with Crippen molar-refractivity contribution in [2.75, 3.05) is 20.8 Å². The number of hydrogen-bond acceptors (Lipinski definition) is 4. The molecule has 12 heteroatoms. The first kappa shape index (κ1) is 17.6. The number of alkyl halides is 7. The van der Waals surface area contributed by atoms with Crippen LogP contribution in [0, 0.1) is 0 Å². The lowest BCUT2D eigenvalue weighted by Gasteiger charge is -2.28. The standard InChI is InChI=1S/C6H8F7O4P/c1-15-18(14,16-2)17-3-4(7,8)5(9,10)6(11,12)13/h3H2,1-2H3. The van der Waals surface area contributed by atoms with Gasteiger partial charge in [0.15, 0.2) is 0 Å². The molecule has 0 unspecified atom stereocenters. The Morgan fingerprint density at radius 2 is 1.33 bits per heavy atom. The lowest BCUT2D eigenvalue weighted by atomic mass is 10.2. The van der Waals surface area contributed by atoms with Gasteiger partial charge in [-0.3, -0.25) is 13.6 Å². The predicted molar refractivity (Wildman–Crippen MR) is 43.5 cm³/mol. The summed E-state index contributed by atoms with van der Waals surface area (Å²) in [4.78, 5) is 0. The van der Waals surface area contributed by atoms with Gasteiger partial charge in [0, 0.05) is 14.2 Å². The number of phosphoric ester groups is 1. The molecule has 0 aromatic rings. The van der Waals surface area contributed by atoms with Crippen LogP contribution >= 0.6 is 7.82 Å². The van der Waals surface area contributed by atoms with Crippen molar-refractivity contribution < 1.29 is 48.9 Å².